The minimum atomic E-state index is -0.222. The van der Waals surface area contributed by atoms with Crippen LogP contribution in [0.4, 0.5) is 0 Å². The number of aromatic amines is 1. The van der Waals surface area contributed by atoms with Gasteiger partial charge >= 0.3 is 0 Å². The Balaban J connectivity index is 0.00000196. The Morgan fingerprint density at radius 1 is 1.38 bits per heavy atom. The standard InChI is InChI=1S/C18H21N5O2.ClH/c1-11-6-7-22(12(8-11)9-19)18(25)14-10-20-23-15-5-3-2-4-13(15)17(24)21-16(14)23;/h2-5,10-12H,6-9,19H2,1H3,(H,21,24);1H. The molecule has 138 valence electrons. The second kappa shape index (κ2) is 7.09. The minimum Gasteiger partial charge on any atom is -0.334 e. The van der Waals surface area contributed by atoms with Gasteiger partial charge in [-0.3, -0.25) is 9.59 Å². The summed E-state index contributed by atoms with van der Waals surface area (Å²) in [4.78, 5) is 30.1. The van der Waals surface area contributed by atoms with Crippen LogP contribution in [0.1, 0.15) is 30.1 Å². The highest BCUT2D eigenvalue weighted by Gasteiger charge is 2.31. The lowest BCUT2D eigenvalue weighted by atomic mass is 9.92. The fourth-order valence-electron chi connectivity index (χ4n) is 3.73. The second-order valence-corrected chi connectivity index (χ2v) is 6.81. The van der Waals surface area contributed by atoms with Gasteiger partial charge in [0, 0.05) is 19.1 Å². The van der Waals surface area contributed by atoms with E-state index in [2.05, 4.69) is 17.0 Å². The Kier molecular flexibility index (Phi) is 5.02. The van der Waals surface area contributed by atoms with E-state index < -0.39 is 0 Å². The van der Waals surface area contributed by atoms with Gasteiger partial charge < -0.3 is 15.6 Å². The Morgan fingerprint density at radius 2 is 2.15 bits per heavy atom. The molecule has 0 spiro atoms. The fraction of sp³-hybridized carbons (Fsp3) is 0.389. The van der Waals surface area contributed by atoms with E-state index in [4.69, 9.17) is 5.73 Å². The van der Waals surface area contributed by atoms with Gasteiger partial charge in [0.05, 0.1) is 17.1 Å². The molecule has 3 heterocycles. The number of nitrogens with one attached hydrogen (secondary N) is 1. The van der Waals surface area contributed by atoms with Crippen molar-refractivity contribution in [3.05, 3.63) is 46.4 Å². The zero-order valence-electron chi connectivity index (χ0n) is 14.5. The van der Waals surface area contributed by atoms with E-state index >= 15 is 0 Å². The summed E-state index contributed by atoms with van der Waals surface area (Å²) in [5.41, 5.74) is 7.19. The van der Waals surface area contributed by atoms with E-state index in [9.17, 15) is 9.59 Å². The molecular weight excluding hydrogens is 354 g/mol. The van der Waals surface area contributed by atoms with Crippen LogP contribution in [0.25, 0.3) is 16.6 Å². The van der Waals surface area contributed by atoms with E-state index in [1.807, 2.05) is 17.0 Å². The highest BCUT2D eigenvalue weighted by Crippen LogP contribution is 2.25. The summed E-state index contributed by atoms with van der Waals surface area (Å²) in [7, 11) is 0. The lowest BCUT2D eigenvalue weighted by molar-refractivity contribution is 0.0575. The van der Waals surface area contributed by atoms with Gasteiger partial charge in [-0.25, -0.2) is 4.52 Å². The summed E-state index contributed by atoms with van der Waals surface area (Å²) >= 11 is 0. The molecule has 3 aromatic rings. The normalized spacial score (nSPS) is 20.3. The molecule has 1 aliphatic rings. The van der Waals surface area contributed by atoms with Crippen LogP contribution in [0.15, 0.2) is 35.3 Å². The molecule has 2 unspecified atom stereocenters. The number of piperidine rings is 1. The number of H-pyrrole nitrogens is 1. The molecule has 2 aromatic heterocycles. The van der Waals surface area contributed by atoms with Crippen LogP contribution in [0.2, 0.25) is 0 Å². The van der Waals surface area contributed by atoms with Crippen molar-refractivity contribution in [2.45, 2.75) is 25.8 Å². The first kappa shape index (κ1) is 18.4. The lowest BCUT2D eigenvalue weighted by Crippen LogP contribution is -2.49. The predicted octanol–water partition coefficient (Wildman–Crippen LogP) is 1.80. The van der Waals surface area contributed by atoms with E-state index in [-0.39, 0.29) is 29.9 Å². The average Bonchev–Trinajstić information content (AvgIpc) is 3.05. The summed E-state index contributed by atoms with van der Waals surface area (Å²) in [6.07, 6.45) is 3.40. The summed E-state index contributed by atoms with van der Waals surface area (Å²) in [5.74, 6) is 0.438. The highest BCUT2D eigenvalue weighted by molar-refractivity contribution is 6.00. The molecule has 1 fully saturated rings. The number of nitrogens with zero attached hydrogens (tertiary/aromatic N) is 3. The number of benzene rings is 1. The molecule has 0 bridgehead atoms. The first-order valence-electron chi connectivity index (χ1n) is 8.60. The zero-order chi connectivity index (χ0) is 17.6. The number of likely N-dealkylation sites (tertiary alicyclic amines) is 1. The quantitative estimate of drug-likeness (QED) is 0.713. The Labute approximate surface area is 156 Å². The number of hydrogen-bond donors (Lipinski definition) is 2. The molecule has 7 nitrogen and oxygen atoms in total. The van der Waals surface area contributed by atoms with Gasteiger partial charge in [0.15, 0.2) is 0 Å². The predicted molar refractivity (Wildman–Crippen MR) is 103 cm³/mol. The van der Waals surface area contributed by atoms with Gasteiger partial charge in [-0.15, -0.1) is 12.4 Å². The summed E-state index contributed by atoms with van der Waals surface area (Å²) in [6.45, 7) is 3.30. The van der Waals surface area contributed by atoms with Gasteiger partial charge in [-0.1, -0.05) is 19.1 Å². The van der Waals surface area contributed by atoms with Crippen LogP contribution < -0.4 is 11.3 Å². The van der Waals surface area contributed by atoms with E-state index in [1.165, 1.54) is 6.20 Å². The highest BCUT2D eigenvalue weighted by atomic mass is 35.5. The summed E-state index contributed by atoms with van der Waals surface area (Å²) in [6, 6.07) is 7.25. The number of halogens is 1. The first-order valence-corrected chi connectivity index (χ1v) is 8.60. The van der Waals surface area contributed by atoms with Crippen molar-refractivity contribution in [1.82, 2.24) is 19.5 Å². The fourth-order valence-corrected chi connectivity index (χ4v) is 3.73. The molecule has 4 rings (SSSR count). The van der Waals surface area contributed by atoms with Gasteiger partial charge in [0.1, 0.15) is 11.2 Å². The number of rotatable bonds is 2. The Bertz CT molecular complexity index is 1010. The SMILES string of the molecule is CC1CCN(C(=O)c2cnn3c2[nH]c(=O)c2ccccc23)C(CN)C1.Cl. The van der Waals surface area contributed by atoms with Crippen LogP contribution in [0, 0.1) is 5.92 Å². The van der Waals surface area contributed by atoms with Crippen LogP contribution in [-0.2, 0) is 0 Å². The van der Waals surface area contributed by atoms with Gasteiger partial charge in [0.25, 0.3) is 11.5 Å². The third-order valence-corrected chi connectivity index (χ3v) is 5.12. The molecule has 1 aromatic carbocycles. The first-order chi connectivity index (χ1) is 12.1. The van der Waals surface area contributed by atoms with Gasteiger partial charge in [-0.05, 0) is 30.9 Å². The largest absolute Gasteiger partial charge is 0.334 e. The van der Waals surface area contributed by atoms with Gasteiger partial charge in [-0.2, -0.15) is 5.10 Å². The van der Waals surface area contributed by atoms with E-state index in [0.717, 1.165) is 12.8 Å². The monoisotopic (exact) mass is 375 g/mol. The molecule has 0 radical (unpaired) electrons. The zero-order valence-corrected chi connectivity index (χ0v) is 15.3. The molecular formula is C18H22ClN5O2. The summed E-state index contributed by atoms with van der Waals surface area (Å²) < 4.78 is 1.62. The number of para-hydroxylation sites is 1. The van der Waals surface area contributed by atoms with Crippen molar-refractivity contribution in [3.63, 3.8) is 0 Å². The Hall–Kier alpha value is -2.38. The van der Waals surface area contributed by atoms with Crippen molar-refractivity contribution >= 4 is 34.9 Å². The molecule has 3 N–H and O–H groups in total. The van der Waals surface area contributed by atoms with Crippen molar-refractivity contribution in [1.29, 1.82) is 0 Å². The smallest absolute Gasteiger partial charge is 0.259 e. The Morgan fingerprint density at radius 3 is 2.92 bits per heavy atom. The molecule has 2 atom stereocenters. The number of nitrogens with two attached hydrogens (primary N) is 1. The molecule has 0 saturated carbocycles. The number of carbonyl (C=O) groups is 1. The van der Waals surface area contributed by atoms with Crippen LogP contribution in [-0.4, -0.2) is 44.5 Å². The van der Waals surface area contributed by atoms with Crippen molar-refractivity contribution in [2.75, 3.05) is 13.1 Å². The van der Waals surface area contributed by atoms with Crippen molar-refractivity contribution in [3.8, 4) is 0 Å². The molecule has 0 aliphatic carbocycles. The van der Waals surface area contributed by atoms with Crippen molar-refractivity contribution < 1.29 is 4.79 Å². The van der Waals surface area contributed by atoms with E-state index in [1.54, 1.807) is 16.6 Å². The lowest BCUT2D eigenvalue weighted by Gasteiger charge is -2.37. The average molecular weight is 376 g/mol. The second-order valence-electron chi connectivity index (χ2n) is 6.81. The van der Waals surface area contributed by atoms with Crippen LogP contribution in [0.3, 0.4) is 0 Å². The number of carbonyl (C=O) groups excluding carboxylic acids is 1. The molecule has 1 aliphatic heterocycles. The summed E-state index contributed by atoms with van der Waals surface area (Å²) in [5, 5.41) is 4.88. The van der Waals surface area contributed by atoms with Crippen LogP contribution >= 0.6 is 12.4 Å². The molecule has 1 amide bonds. The third kappa shape index (κ3) is 2.87. The topological polar surface area (TPSA) is 96.5 Å². The molecule has 8 heteroatoms. The minimum absolute atomic E-state index is 0. The number of amides is 1. The third-order valence-electron chi connectivity index (χ3n) is 5.12. The number of aromatic nitrogens is 3. The van der Waals surface area contributed by atoms with Crippen molar-refractivity contribution in [2.24, 2.45) is 11.7 Å². The maximum absolute atomic E-state index is 13.1. The van der Waals surface area contributed by atoms with Crippen LogP contribution in [0.5, 0.6) is 0 Å². The maximum Gasteiger partial charge on any atom is 0.259 e. The number of fused-ring (bicyclic) bond motifs is 3. The molecule has 26 heavy (non-hydrogen) atoms. The number of hydrogen-bond acceptors (Lipinski definition) is 4. The molecule has 1 saturated heterocycles. The maximum atomic E-state index is 13.1. The van der Waals surface area contributed by atoms with E-state index in [0.29, 0.717) is 41.1 Å². The van der Waals surface area contributed by atoms with Gasteiger partial charge in [0.2, 0.25) is 0 Å².